The highest BCUT2D eigenvalue weighted by molar-refractivity contribution is 5.85. The zero-order valence-corrected chi connectivity index (χ0v) is 17.8. The average Bonchev–Trinajstić information content (AvgIpc) is 3.32. The van der Waals surface area contributed by atoms with E-state index in [1.165, 1.54) is 12.8 Å². The summed E-state index contributed by atoms with van der Waals surface area (Å²) in [5.41, 5.74) is 0.868. The number of aromatic nitrogens is 2. The first-order valence-corrected chi connectivity index (χ1v) is 10.2. The molecule has 2 atom stereocenters. The Morgan fingerprint density at radius 2 is 1.93 bits per heavy atom. The Morgan fingerprint density at radius 1 is 1.24 bits per heavy atom. The van der Waals surface area contributed by atoms with Crippen LogP contribution in [0.4, 0.5) is 0 Å². The molecule has 29 heavy (non-hydrogen) atoms. The smallest absolute Gasteiger partial charge is 0.227 e. The predicted molar refractivity (Wildman–Crippen MR) is 112 cm³/mol. The van der Waals surface area contributed by atoms with Crippen LogP contribution in [-0.2, 0) is 11.2 Å². The van der Waals surface area contributed by atoms with E-state index < -0.39 is 0 Å². The maximum absolute atomic E-state index is 12.6. The highest BCUT2D eigenvalue weighted by Gasteiger charge is 2.36. The molecule has 2 unspecified atom stereocenters. The lowest BCUT2D eigenvalue weighted by Crippen LogP contribution is -2.48. The van der Waals surface area contributed by atoms with Gasteiger partial charge in [-0.25, -0.2) is 0 Å². The summed E-state index contributed by atoms with van der Waals surface area (Å²) in [6.45, 7) is 2.58. The monoisotopic (exact) mass is 420 g/mol. The third-order valence-corrected chi connectivity index (χ3v) is 5.83. The maximum atomic E-state index is 12.6. The molecule has 2 fully saturated rings. The van der Waals surface area contributed by atoms with Crippen LogP contribution in [0.15, 0.2) is 28.8 Å². The summed E-state index contributed by atoms with van der Waals surface area (Å²) >= 11 is 0. The first kappa shape index (κ1) is 21.6. The number of amides is 1. The number of hydrogen-bond donors (Lipinski definition) is 1. The van der Waals surface area contributed by atoms with E-state index in [0.29, 0.717) is 49.3 Å². The molecule has 4 rings (SSSR count). The van der Waals surface area contributed by atoms with Crippen LogP contribution in [0, 0.1) is 0 Å². The number of hydrogen-bond acceptors (Lipinski definition) is 6. The van der Waals surface area contributed by atoms with Crippen molar-refractivity contribution in [3.63, 3.8) is 0 Å². The van der Waals surface area contributed by atoms with Gasteiger partial charge in [0.25, 0.3) is 0 Å². The molecule has 8 heteroatoms. The lowest BCUT2D eigenvalue weighted by Gasteiger charge is -2.35. The molecule has 7 nitrogen and oxygen atoms in total. The van der Waals surface area contributed by atoms with E-state index in [1.807, 2.05) is 43.1 Å². The van der Waals surface area contributed by atoms with E-state index in [-0.39, 0.29) is 18.3 Å². The molecule has 0 saturated carbocycles. The number of nitrogens with one attached hydrogen (secondary N) is 1. The second-order valence-corrected chi connectivity index (χ2v) is 7.74. The number of carbonyl (C=O) groups excluding carboxylic acids is 1. The van der Waals surface area contributed by atoms with Crippen molar-refractivity contribution >= 4 is 18.3 Å². The van der Waals surface area contributed by atoms with Gasteiger partial charge in [0.1, 0.15) is 5.75 Å². The summed E-state index contributed by atoms with van der Waals surface area (Å²) in [5.74, 6) is 1.99. The van der Waals surface area contributed by atoms with Crippen molar-refractivity contribution in [1.29, 1.82) is 0 Å². The zero-order valence-electron chi connectivity index (χ0n) is 17.0. The van der Waals surface area contributed by atoms with Crippen molar-refractivity contribution in [3.8, 4) is 17.1 Å². The fraction of sp³-hybridized carbons (Fsp3) is 0.571. The van der Waals surface area contributed by atoms with Crippen molar-refractivity contribution < 1.29 is 14.1 Å². The van der Waals surface area contributed by atoms with Gasteiger partial charge in [-0.05, 0) is 56.9 Å². The normalized spacial score (nSPS) is 22.8. The summed E-state index contributed by atoms with van der Waals surface area (Å²) in [7, 11) is 1.93. The number of fused-ring (bicyclic) bond motifs is 2. The summed E-state index contributed by atoms with van der Waals surface area (Å²) < 4.78 is 10.8. The molecule has 1 N–H and O–H groups in total. The van der Waals surface area contributed by atoms with Gasteiger partial charge in [-0.2, -0.15) is 4.98 Å². The van der Waals surface area contributed by atoms with Gasteiger partial charge in [0.15, 0.2) is 0 Å². The SMILES string of the molecule is CCOc1ccc(-c2noc(CCC(=O)N(C)C3CC4CCC(C3)N4)n2)cc1.Cl. The van der Waals surface area contributed by atoms with E-state index in [2.05, 4.69) is 15.5 Å². The second kappa shape index (κ2) is 9.59. The molecule has 0 radical (unpaired) electrons. The van der Waals surface area contributed by atoms with Crippen molar-refractivity contribution in [3.05, 3.63) is 30.2 Å². The van der Waals surface area contributed by atoms with Crippen LogP contribution in [-0.4, -0.2) is 52.7 Å². The number of benzene rings is 1. The topological polar surface area (TPSA) is 80.5 Å². The molecule has 2 saturated heterocycles. The van der Waals surface area contributed by atoms with Crippen LogP contribution < -0.4 is 10.1 Å². The molecule has 2 bridgehead atoms. The minimum atomic E-state index is 0. The second-order valence-electron chi connectivity index (χ2n) is 7.74. The van der Waals surface area contributed by atoms with Gasteiger partial charge in [-0.15, -0.1) is 12.4 Å². The van der Waals surface area contributed by atoms with Crippen LogP contribution in [0.1, 0.15) is 44.9 Å². The van der Waals surface area contributed by atoms with E-state index in [4.69, 9.17) is 9.26 Å². The molecule has 158 valence electrons. The van der Waals surface area contributed by atoms with Crippen LogP contribution in [0.25, 0.3) is 11.4 Å². The first-order chi connectivity index (χ1) is 13.6. The largest absolute Gasteiger partial charge is 0.494 e. The minimum absolute atomic E-state index is 0. The Bertz CT molecular complexity index is 799. The molecule has 1 amide bonds. The first-order valence-electron chi connectivity index (χ1n) is 10.2. The number of piperidine rings is 1. The molecule has 2 aliphatic heterocycles. The van der Waals surface area contributed by atoms with Gasteiger partial charge in [-0.1, -0.05) is 5.16 Å². The van der Waals surface area contributed by atoms with E-state index in [1.54, 1.807) is 0 Å². The van der Waals surface area contributed by atoms with Crippen LogP contribution in [0.3, 0.4) is 0 Å². The summed E-state index contributed by atoms with van der Waals surface area (Å²) in [4.78, 5) is 19.0. The van der Waals surface area contributed by atoms with Crippen LogP contribution in [0.5, 0.6) is 5.75 Å². The molecule has 2 aliphatic rings. The highest BCUT2D eigenvalue weighted by Crippen LogP contribution is 2.29. The Hall–Kier alpha value is -2.12. The number of aryl methyl sites for hydroxylation is 1. The van der Waals surface area contributed by atoms with Gasteiger partial charge in [0.2, 0.25) is 17.6 Å². The Morgan fingerprint density at radius 3 is 2.59 bits per heavy atom. The highest BCUT2D eigenvalue weighted by atomic mass is 35.5. The summed E-state index contributed by atoms with van der Waals surface area (Å²) in [6.07, 6.45) is 5.44. The number of nitrogens with zero attached hydrogens (tertiary/aromatic N) is 3. The third-order valence-electron chi connectivity index (χ3n) is 5.83. The van der Waals surface area contributed by atoms with Crippen LogP contribution in [0.2, 0.25) is 0 Å². The zero-order chi connectivity index (χ0) is 19.5. The number of carbonyl (C=O) groups is 1. The predicted octanol–water partition coefficient (Wildman–Crippen LogP) is 3.23. The molecule has 3 heterocycles. The van der Waals surface area contributed by atoms with Gasteiger partial charge in [0, 0.05) is 43.6 Å². The summed E-state index contributed by atoms with van der Waals surface area (Å²) in [5, 5.41) is 7.66. The molecule has 2 aromatic rings. The molecular formula is C21H29ClN4O3. The lowest BCUT2D eigenvalue weighted by molar-refractivity contribution is -0.132. The van der Waals surface area contributed by atoms with E-state index >= 15 is 0 Å². The fourth-order valence-corrected chi connectivity index (χ4v) is 4.28. The van der Waals surface area contributed by atoms with Crippen molar-refractivity contribution in [2.45, 2.75) is 63.6 Å². The van der Waals surface area contributed by atoms with E-state index in [9.17, 15) is 4.79 Å². The maximum Gasteiger partial charge on any atom is 0.227 e. The standard InChI is InChI=1S/C21H28N4O3.ClH/c1-3-27-18-8-4-14(5-9-18)21-23-19(28-24-21)10-11-20(26)25(2)17-12-15-6-7-16(13-17)22-15;/h4-5,8-9,15-17,22H,3,6-7,10-13H2,1-2H3;1H. The van der Waals surface area contributed by atoms with Crippen molar-refractivity contribution in [2.75, 3.05) is 13.7 Å². The van der Waals surface area contributed by atoms with Crippen LogP contribution >= 0.6 is 12.4 Å². The number of ether oxygens (including phenoxy) is 1. The van der Waals surface area contributed by atoms with Gasteiger partial charge < -0.3 is 19.5 Å². The Kier molecular flexibility index (Phi) is 7.14. The van der Waals surface area contributed by atoms with Crippen molar-refractivity contribution in [1.82, 2.24) is 20.4 Å². The molecular weight excluding hydrogens is 392 g/mol. The molecule has 1 aromatic carbocycles. The number of halogens is 1. The molecule has 0 spiro atoms. The van der Waals surface area contributed by atoms with Gasteiger partial charge >= 0.3 is 0 Å². The Balaban J connectivity index is 0.00000240. The summed E-state index contributed by atoms with van der Waals surface area (Å²) in [6, 6.07) is 9.08. The minimum Gasteiger partial charge on any atom is -0.494 e. The van der Waals surface area contributed by atoms with Crippen molar-refractivity contribution in [2.24, 2.45) is 0 Å². The van der Waals surface area contributed by atoms with Gasteiger partial charge in [0.05, 0.1) is 6.61 Å². The Labute approximate surface area is 177 Å². The molecule has 0 aliphatic carbocycles. The number of rotatable bonds is 7. The molecule has 1 aromatic heterocycles. The van der Waals surface area contributed by atoms with E-state index in [0.717, 1.165) is 24.2 Å². The quantitative estimate of drug-likeness (QED) is 0.740. The average molecular weight is 421 g/mol. The fourth-order valence-electron chi connectivity index (χ4n) is 4.28. The third kappa shape index (κ3) is 5.08. The van der Waals surface area contributed by atoms with Gasteiger partial charge in [-0.3, -0.25) is 4.79 Å². The lowest BCUT2D eigenvalue weighted by atomic mass is 9.98.